The van der Waals surface area contributed by atoms with Crippen molar-refractivity contribution >= 4 is 0 Å². The Kier molecular flexibility index (Phi) is 3.15. The molecule has 114 valence electrons. The molecule has 0 unspecified atom stereocenters. The maximum atomic E-state index is 12.5. The van der Waals surface area contributed by atoms with Crippen LogP contribution in [0.5, 0.6) is 0 Å². The fourth-order valence-electron chi connectivity index (χ4n) is 1.88. The van der Waals surface area contributed by atoms with Gasteiger partial charge < -0.3 is 4.52 Å². The molecule has 0 fully saturated rings. The van der Waals surface area contributed by atoms with Crippen molar-refractivity contribution in [1.82, 2.24) is 29.9 Å². The summed E-state index contributed by atoms with van der Waals surface area (Å²) in [6.07, 6.45) is -3.25. The molecule has 0 aromatic carbocycles. The van der Waals surface area contributed by atoms with Gasteiger partial charge in [-0.2, -0.15) is 23.3 Å². The lowest BCUT2D eigenvalue weighted by Gasteiger charge is -2.01. The molecule has 0 aliphatic heterocycles. The number of aromatic nitrogens is 6. The normalized spacial score (nSPS) is 11.9. The van der Waals surface area contributed by atoms with Crippen molar-refractivity contribution in [3.8, 4) is 22.9 Å². The van der Waals surface area contributed by atoms with Gasteiger partial charge in [-0.1, -0.05) is 5.16 Å². The van der Waals surface area contributed by atoms with Crippen molar-refractivity contribution in [1.29, 1.82) is 0 Å². The molecule has 0 aliphatic carbocycles. The first kappa shape index (κ1) is 14.2. The minimum atomic E-state index is -4.68. The van der Waals surface area contributed by atoms with Crippen LogP contribution in [0.15, 0.2) is 22.9 Å². The van der Waals surface area contributed by atoms with Crippen LogP contribution in [-0.4, -0.2) is 29.9 Å². The molecular formula is C12H9F3N6O. The third kappa shape index (κ3) is 2.54. The van der Waals surface area contributed by atoms with Crippen molar-refractivity contribution in [3.63, 3.8) is 0 Å². The van der Waals surface area contributed by atoms with Gasteiger partial charge in [0.05, 0.1) is 0 Å². The smallest absolute Gasteiger partial charge is 0.329 e. The van der Waals surface area contributed by atoms with E-state index < -0.39 is 12.1 Å². The predicted molar refractivity (Wildman–Crippen MR) is 67.3 cm³/mol. The van der Waals surface area contributed by atoms with Gasteiger partial charge in [-0.25, -0.2) is 9.67 Å². The topological polar surface area (TPSA) is 82.5 Å². The van der Waals surface area contributed by atoms with E-state index in [1.54, 1.807) is 14.0 Å². The van der Waals surface area contributed by atoms with Crippen molar-refractivity contribution < 1.29 is 17.7 Å². The molecule has 3 aromatic heterocycles. The van der Waals surface area contributed by atoms with Gasteiger partial charge in [-0.3, -0.25) is 4.98 Å². The van der Waals surface area contributed by atoms with Crippen LogP contribution in [0.2, 0.25) is 0 Å². The monoisotopic (exact) mass is 310 g/mol. The van der Waals surface area contributed by atoms with Crippen LogP contribution < -0.4 is 0 Å². The minimum Gasteiger partial charge on any atom is -0.329 e. The van der Waals surface area contributed by atoms with Gasteiger partial charge in [0.1, 0.15) is 11.5 Å². The Morgan fingerprint density at radius 1 is 1.23 bits per heavy atom. The number of hydrogen-bond donors (Lipinski definition) is 0. The lowest BCUT2D eigenvalue weighted by atomic mass is 10.2. The highest BCUT2D eigenvalue weighted by Gasteiger charge is 2.38. The van der Waals surface area contributed by atoms with E-state index in [4.69, 9.17) is 0 Å². The van der Waals surface area contributed by atoms with Gasteiger partial charge in [0, 0.05) is 18.8 Å². The second-order valence-corrected chi connectivity index (χ2v) is 4.46. The third-order valence-corrected chi connectivity index (χ3v) is 2.78. The quantitative estimate of drug-likeness (QED) is 0.722. The first-order chi connectivity index (χ1) is 10.3. The summed E-state index contributed by atoms with van der Waals surface area (Å²) in [5.74, 6) is -0.521. The fraction of sp³-hybridized carbons (Fsp3) is 0.250. The highest BCUT2D eigenvalue weighted by Crippen LogP contribution is 2.29. The summed E-state index contributed by atoms with van der Waals surface area (Å²) in [5, 5.41) is 7.43. The van der Waals surface area contributed by atoms with E-state index >= 15 is 0 Å². The van der Waals surface area contributed by atoms with Crippen molar-refractivity contribution in [3.05, 3.63) is 30.0 Å². The van der Waals surface area contributed by atoms with E-state index in [1.807, 2.05) is 0 Å². The average molecular weight is 310 g/mol. The first-order valence-electron chi connectivity index (χ1n) is 6.10. The average Bonchev–Trinajstić information content (AvgIpc) is 3.05. The Hall–Kier alpha value is -2.78. The Morgan fingerprint density at radius 3 is 2.59 bits per heavy atom. The van der Waals surface area contributed by atoms with E-state index in [9.17, 15) is 13.2 Å². The van der Waals surface area contributed by atoms with E-state index in [0.717, 1.165) is 0 Å². The molecule has 22 heavy (non-hydrogen) atoms. The predicted octanol–water partition coefficient (Wildman–Crippen LogP) is 2.25. The highest BCUT2D eigenvalue weighted by atomic mass is 19.4. The Labute approximate surface area is 121 Å². The summed E-state index contributed by atoms with van der Waals surface area (Å²) < 4.78 is 43.2. The molecule has 10 heteroatoms. The SMILES string of the molecule is Cc1nc(-c2cc(-c3noc(C(F)(F)F)n3)ccn2)n(C)n1. The molecular weight excluding hydrogens is 301 g/mol. The molecule has 3 heterocycles. The van der Waals surface area contributed by atoms with E-state index in [2.05, 4.69) is 29.7 Å². The number of aryl methyl sites for hydroxylation is 2. The minimum absolute atomic E-state index is 0.171. The number of hydrogen-bond acceptors (Lipinski definition) is 6. The number of halogens is 3. The van der Waals surface area contributed by atoms with E-state index in [0.29, 0.717) is 22.9 Å². The van der Waals surface area contributed by atoms with Gasteiger partial charge in [0.2, 0.25) is 5.82 Å². The molecule has 0 saturated heterocycles. The van der Waals surface area contributed by atoms with Gasteiger partial charge >= 0.3 is 12.1 Å². The van der Waals surface area contributed by atoms with Gasteiger partial charge in [0.15, 0.2) is 5.82 Å². The molecule has 0 saturated carbocycles. The summed E-state index contributed by atoms with van der Waals surface area (Å²) >= 11 is 0. The zero-order valence-electron chi connectivity index (χ0n) is 11.5. The molecule has 3 rings (SSSR count). The number of pyridine rings is 1. The number of rotatable bonds is 2. The van der Waals surface area contributed by atoms with Crippen LogP contribution in [-0.2, 0) is 13.2 Å². The van der Waals surface area contributed by atoms with Crippen molar-refractivity contribution in [2.24, 2.45) is 7.05 Å². The first-order valence-corrected chi connectivity index (χ1v) is 6.10. The maximum absolute atomic E-state index is 12.5. The van der Waals surface area contributed by atoms with Crippen LogP contribution in [0.25, 0.3) is 22.9 Å². The molecule has 0 radical (unpaired) electrons. The second kappa shape index (κ2) is 4.90. The van der Waals surface area contributed by atoms with Crippen LogP contribution >= 0.6 is 0 Å². The molecule has 0 amide bonds. The number of nitrogens with zero attached hydrogens (tertiary/aromatic N) is 6. The van der Waals surface area contributed by atoms with Crippen LogP contribution in [0.4, 0.5) is 13.2 Å². The lowest BCUT2D eigenvalue weighted by Crippen LogP contribution is -2.04. The zero-order valence-corrected chi connectivity index (χ0v) is 11.5. The zero-order chi connectivity index (χ0) is 15.9. The summed E-state index contributed by atoms with van der Waals surface area (Å²) in [5.41, 5.74) is 0.781. The molecule has 0 N–H and O–H groups in total. The van der Waals surface area contributed by atoms with Crippen molar-refractivity contribution in [2.45, 2.75) is 13.1 Å². The third-order valence-electron chi connectivity index (χ3n) is 2.78. The fourth-order valence-corrected chi connectivity index (χ4v) is 1.88. The van der Waals surface area contributed by atoms with Gasteiger partial charge in [-0.15, -0.1) is 0 Å². The second-order valence-electron chi connectivity index (χ2n) is 4.46. The van der Waals surface area contributed by atoms with Crippen LogP contribution in [0.3, 0.4) is 0 Å². The van der Waals surface area contributed by atoms with E-state index in [1.165, 1.54) is 23.0 Å². The van der Waals surface area contributed by atoms with E-state index in [-0.39, 0.29) is 5.82 Å². The maximum Gasteiger partial charge on any atom is 0.471 e. The van der Waals surface area contributed by atoms with Gasteiger partial charge in [-0.05, 0) is 19.1 Å². The van der Waals surface area contributed by atoms with Gasteiger partial charge in [0.25, 0.3) is 0 Å². The Bertz CT molecular complexity index is 822. The molecule has 7 nitrogen and oxygen atoms in total. The molecule has 0 bridgehead atoms. The molecule has 0 atom stereocenters. The Morgan fingerprint density at radius 2 is 2.00 bits per heavy atom. The Balaban J connectivity index is 2.01. The molecule has 3 aromatic rings. The number of alkyl halides is 3. The molecule has 0 aliphatic rings. The summed E-state index contributed by atoms with van der Waals surface area (Å²) in [4.78, 5) is 11.7. The standard InChI is InChI=1S/C12H9F3N6O/c1-6-17-10(21(2)19-6)8-5-7(3-4-16-8)9-18-11(22-20-9)12(13,14)15/h3-5H,1-2H3. The lowest BCUT2D eigenvalue weighted by molar-refractivity contribution is -0.159. The molecule has 0 spiro atoms. The van der Waals surface area contributed by atoms with Crippen LogP contribution in [0, 0.1) is 6.92 Å². The summed E-state index contributed by atoms with van der Waals surface area (Å²) in [7, 11) is 1.69. The summed E-state index contributed by atoms with van der Waals surface area (Å²) in [6, 6.07) is 3.01. The van der Waals surface area contributed by atoms with Crippen LogP contribution in [0.1, 0.15) is 11.7 Å². The largest absolute Gasteiger partial charge is 0.471 e. The highest BCUT2D eigenvalue weighted by molar-refractivity contribution is 5.62. The summed E-state index contributed by atoms with van der Waals surface area (Å²) in [6.45, 7) is 1.72. The van der Waals surface area contributed by atoms with Crippen molar-refractivity contribution in [2.75, 3.05) is 0 Å².